The molecule has 2 aromatic carbocycles. The molecular weight excluding hydrogens is 455 g/mol. The normalized spacial score (nSPS) is 18.3. The molecule has 2 aromatic rings. The molecule has 188 valence electrons. The van der Waals surface area contributed by atoms with Crippen LogP contribution in [0.4, 0.5) is 13.2 Å². The third-order valence-electron chi connectivity index (χ3n) is 6.37. The topological polar surface area (TPSA) is 72.5 Å². The number of carbonyl (C=O) groups excluding carboxylic acids is 1. The SMILES string of the molecule is Cc1ccc(/C=C/C(=O)OCCCC/C=C2\CCC(C(N)c3cccc(C(F)(F)F)c3O)C2)cc1. The van der Waals surface area contributed by atoms with Gasteiger partial charge < -0.3 is 15.6 Å². The molecule has 3 rings (SSSR count). The van der Waals surface area contributed by atoms with Crippen LogP contribution in [0.3, 0.4) is 0 Å². The van der Waals surface area contributed by atoms with Crippen LogP contribution in [0.1, 0.15) is 66.8 Å². The van der Waals surface area contributed by atoms with E-state index >= 15 is 0 Å². The largest absolute Gasteiger partial charge is 0.507 e. The summed E-state index contributed by atoms with van der Waals surface area (Å²) in [6.45, 7) is 2.35. The van der Waals surface area contributed by atoms with Crippen molar-refractivity contribution in [1.29, 1.82) is 0 Å². The summed E-state index contributed by atoms with van der Waals surface area (Å²) in [7, 11) is 0. The number of hydrogen-bond acceptors (Lipinski definition) is 4. The van der Waals surface area contributed by atoms with Crippen molar-refractivity contribution < 1.29 is 27.8 Å². The van der Waals surface area contributed by atoms with Gasteiger partial charge in [-0.25, -0.2) is 4.79 Å². The summed E-state index contributed by atoms with van der Waals surface area (Å²) >= 11 is 0. The number of halogens is 3. The van der Waals surface area contributed by atoms with E-state index in [9.17, 15) is 23.1 Å². The Balaban J connectivity index is 1.39. The van der Waals surface area contributed by atoms with Crippen LogP contribution in [0.2, 0.25) is 0 Å². The monoisotopic (exact) mass is 487 g/mol. The van der Waals surface area contributed by atoms with E-state index in [0.717, 1.165) is 49.3 Å². The molecule has 0 aromatic heterocycles. The summed E-state index contributed by atoms with van der Waals surface area (Å²) in [6, 6.07) is 10.8. The number of rotatable bonds is 9. The van der Waals surface area contributed by atoms with Crippen molar-refractivity contribution in [3.63, 3.8) is 0 Å². The number of allylic oxidation sites excluding steroid dienone is 2. The molecule has 7 heteroatoms. The smallest absolute Gasteiger partial charge is 0.419 e. The maximum absolute atomic E-state index is 13.1. The van der Waals surface area contributed by atoms with E-state index in [0.29, 0.717) is 13.0 Å². The fourth-order valence-corrected chi connectivity index (χ4v) is 4.33. The minimum atomic E-state index is -4.62. The second-order valence-electron chi connectivity index (χ2n) is 9.04. The lowest BCUT2D eigenvalue weighted by Crippen LogP contribution is -2.20. The number of phenolic OH excluding ortho intramolecular Hbond substituents is 1. The molecule has 0 radical (unpaired) electrons. The highest BCUT2D eigenvalue weighted by atomic mass is 19.4. The summed E-state index contributed by atoms with van der Waals surface area (Å²) in [5.41, 5.74) is 8.68. The summed E-state index contributed by atoms with van der Waals surface area (Å²) in [4.78, 5) is 11.8. The maximum atomic E-state index is 13.1. The van der Waals surface area contributed by atoms with Gasteiger partial charge in [0.15, 0.2) is 0 Å². The molecule has 1 saturated carbocycles. The zero-order chi connectivity index (χ0) is 25.4. The van der Waals surface area contributed by atoms with Gasteiger partial charge in [-0.05, 0) is 69.1 Å². The van der Waals surface area contributed by atoms with Crippen LogP contribution in [0.15, 0.2) is 60.2 Å². The highest BCUT2D eigenvalue weighted by Crippen LogP contribution is 2.44. The maximum Gasteiger partial charge on any atom is 0.419 e. The van der Waals surface area contributed by atoms with E-state index in [2.05, 4.69) is 6.08 Å². The van der Waals surface area contributed by atoms with Gasteiger partial charge in [0.25, 0.3) is 0 Å². The molecule has 0 amide bonds. The molecule has 1 aliphatic carbocycles. The van der Waals surface area contributed by atoms with Crippen molar-refractivity contribution in [2.24, 2.45) is 11.7 Å². The minimum Gasteiger partial charge on any atom is -0.507 e. The average molecular weight is 488 g/mol. The summed E-state index contributed by atoms with van der Waals surface area (Å²) in [5, 5.41) is 10.1. The number of carbonyl (C=O) groups is 1. The number of alkyl halides is 3. The minimum absolute atomic E-state index is 0.0168. The first-order chi connectivity index (χ1) is 16.6. The second-order valence-corrected chi connectivity index (χ2v) is 9.04. The van der Waals surface area contributed by atoms with Crippen LogP contribution in [-0.4, -0.2) is 17.7 Å². The number of nitrogens with two attached hydrogens (primary N) is 1. The molecule has 1 aliphatic rings. The van der Waals surface area contributed by atoms with Crippen LogP contribution in [0, 0.1) is 12.8 Å². The van der Waals surface area contributed by atoms with E-state index in [-0.39, 0.29) is 17.5 Å². The first-order valence-electron chi connectivity index (χ1n) is 11.9. The van der Waals surface area contributed by atoms with Gasteiger partial charge in [-0.1, -0.05) is 53.6 Å². The number of ether oxygens (including phenoxy) is 1. The number of hydrogen-bond donors (Lipinski definition) is 2. The Morgan fingerprint density at radius 1 is 1.20 bits per heavy atom. The standard InChI is InChI=1S/C28H32F3NO3/c1-19-9-11-20(12-10-19)14-16-25(33)35-17-4-2-3-6-21-13-15-22(18-21)26(32)23-7-5-8-24(27(23)34)28(29,30)31/h5-12,14,16,22,26,34H,2-4,13,15,17-18,32H2,1H3/b16-14+,21-6+. The van der Waals surface area contributed by atoms with Crippen molar-refractivity contribution in [3.8, 4) is 5.75 Å². The summed E-state index contributed by atoms with van der Waals surface area (Å²) < 4.78 is 44.5. The lowest BCUT2D eigenvalue weighted by Gasteiger charge is -2.22. The molecule has 2 unspecified atom stereocenters. The van der Waals surface area contributed by atoms with Gasteiger partial charge >= 0.3 is 12.1 Å². The Morgan fingerprint density at radius 3 is 2.66 bits per heavy atom. The van der Waals surface area contributed by atoms with E-state index < -0.39 is 23.5 Å². The summed E-state index contributed by atoms with van der Waals surface area (Å²) in [6.07, 6.45) is 5.45. The van der Waals surface area contributed by atoms with E-state index in [1.54, 1.807) is 6.08 Å². The van der Waals surface area contributed by atoms with Crippen molar-refractivity contribution in [2.75, 3.05) is 6.61 Å². The zero-order valence-electron chi connectivity index (χ0n) is 19.9. The van der Waals surface area contributed by atoms with Gasteiger partial charge in [-0.2, -0.15) is 13.2 Å². The van der Waals surface area contributed by atoms with Crippen molar-refractivity contribution >= 4 is 12.0 Å². The lowest BCUT2D eigenvalue weighted by molar-refractivity contribution is -0.139. The highest BCUT2D eigenvalue weighted by Gasteiger charge is 2.36. The van der Waals surface area contributed by atoms with Gasteiger partial charge in [0.1, 0.15) is 5.75 Å². The van der Waals surface area contributed by atoms with E-state index in [1.165, 1.54) is 23.8 Å². The van der Waals surface area contributed by atoms with Gasteiger partial charge in [0.2, 0.25) is 0 Å². The number of esters is 1. The Kier molecular flexibility index (Phi) is 9.15. The van der Waals surface area contributed by atoms with Crippen molar-refractivity contribution in [2.45, 2.75) is 57.7 Å². The summed E-state index contributed by atoms with van der Waals surface area (Å²) in [5.74, 6) is -1.15. The second kappa shape index (κ2) is 12.1. The number of para-hydroxylation sites is 1. The van der Waals surface area contributed by atoms with Crippen LogP contribution in [-0.2, 0) is 15.7 Å². The number of aryl methyl sites for hydroxylation is 1. The van der Waals surface area contributed by atoms with Crippen molar-refractivity contribution in [1.82, 2.24) is 0 Å². The number of phenols is 1. The highest BCUT2D eigenvalue weighted by molar-refractivity contribution is 5.87. The van der Waals surface area contributed by atoms with Crippen LogP contribution in [0.5, 0.6) is 5.75 Å². The van der Waals surface area contributed by atoms with Crippen LogP contribution < -0.4 is 5.73 Å². The first-order valence-corrected chi connectivity index (χ1v) is 11.9. The molecule has 0 spiro atoms. The van der Waals surface area contributed by atoms with Crippen LogP contribution >= 0.6 is 0 Å². The molecule has 1 fully saturated rings. The molecule has 0 saturated heterocycles. The molecule has 0 aliphatic heterocycles. The quantitative estimate of drug-likeness (QED) is 0.175. The molecule has 4 nitrogen and oxygen atoms in total. The first kappa shape index (κ1) is 26.5. The van der Waals surface area contributed by atoms with Gasteiger partial charge in [-0.15, -0.1) is 0 Å². The number of unbranched alkanes of at least 4 members (excludes halogenated alkanes) is 2. The Morgan fingerprint density at radius 2 is 1.94 bits per heavy atom. The van der Waals surface area contributed by atoms with Gasteiger partial charge in [0, 0.05) is 17.7 Å². The van der Waals surface area contributed by atoms with Gasteiger partial charge in [-0.3, -0.25) is 0 Å². The van der Waals surface area contributed by atoms with E-state index in [4.69, 9.17) is 10.5 Å². The molecule has 2 atom stereocenters. The Hall–Kier alpha value is -3.06. The molecule has 3 N–H and O–H groups in total. The fourth-order valence-electron chi connectivity index (χ4n) is 4.33. The zero-order valence-corrected chi connectivity index (χ0v) is 19.9. The van der Waals surface area contributed by atoms with Gasteiger partial charge in [0.05, 0.1) is 12.2 Å². The Bertz CT molecular complexity index is 1060. The number of benzene rings is 2. The Labute approximate surface area is 204 Å². The fraction of sp³-hybridized carbons (Fsp3) is 0.393. The molecule has 0 heterocycles. The molecule has 0 bridgehead atoms. The molecular formula is C28H32F3NO3. The average Bonchev–Trinajstić information content (AvgIpc) is 3.29. The predicted molar refractivity (Wildman–Crippen MR) is 130 cm³/mol. The predicted octanol–water partition coefficient (Wildman–Crippen LogP) is 6.87. The van der Waals surface area contributed by atoms with E-state index in [1.807, 2.05) is 31.2 Å². The lowest BCUT2D eigenvalue weighted by atomic mass is 9.90. The van der Waals surface area contributed by atoms with Crippen molar-refractivity contribution in [3.05, 3.63) is 82.4 Å². The third kappa shape index (κ3) is 7.72. The third-order valence-corrected chi connectivity index (χ3v) is 6.37. The van der Waals surface area contributed by atoms with Crippen LogP contribution in [0.25, 0.3) is 6.08 Å². The molecule has 35 heavy (non-hydrogen) atoms. The number of aromatic hydroxyl groups is 1.